The molecule has 1 aromatic heterocycles. The van der Waals surface area contributed by atoms with Crippen LogP contribution in [0.4, 0.5) is 0 Å². The molecule has 3 nitrogen and oxygen atoms in total. The van der Waals surface area contributed by atoms with Crippen molar-refractivity contribution in [1.82, 2.24) is 5.32 Å². The molecule has 5 heteroatoms. The van der Waals surface area contributed by atoms with Crippen molar-refractivity contribution in [2.75, 3.05) is 6.54 Å². The summed E-state index contributed by atoms with van der Waals surface area (Å²) in [5.74, 6) is 0.653. The van der Waals surface area contributed by atoms with E-state index in [1.54, 1.807) is 0 Å². The lowest BCUT2D eigenvalue weighted by Gasteiger charge is -2.07. The second kappa shape index (κ2) is 8.20. The Labute approximate surface area is 140 Å². The molecule has 0 aliphatic carbocycles. The topological polar surface area (TPSA) is 38.3 Å². The number of unbranched alkanes of at least 4 members (excludes halogenated alkanes) is 1. The standard InChI is InChI=1S/C17H20ClNO2S/c1-3-4-7-19-17(20)16-9-13(11-22-16)10-21-15-8-12(2)5-6-14(15)18/h5-6,8-9,11H,3-4,7,10H2,1-2H3,(H,19,20). The molecule has 0 unspecified atom stereocenters. The number of nitrogens with one attached hydrogen (secondary N) is 1. The molecule has 0 aliphatic rings. The second-order valence-corrected chi connectivity index (χ2v) is 6.47. The molecule has 0 saturated heterocycles. The summed E-state index contributed by atoms with van der Waals surface area (Å²) in [6, 6.07) is 7.55. The maximum absolute atomic E-state index is 11.9. The van der Waals surface area contributed by atoms with Crippen LogP contribution in [0.2, 0.25) is 5.02 Å². The average Bonchev–Trinajstić information content (AvgIpc) is 2.97. The fourth-order valence-electron chi connectivity index (χ4n) is 1.92. The highest BCUT2D eigenvalue weighted by Gasteiger charge is 2.09. The van der Waals surface area contributed by atoms with Crippen LogP contribution in [0.15, 0.2) is 29.6 Å². The van der Waals surface area contributed by atoms with Gasteiger partial charge in [-0.3, -0.25) is 4.79 Å². The van der Waals surface area contributed by atoms with Gasteiger partial charge in [0, 0.05) is 12.1 Å². The highest BCUT2D eigenvalue weighted by molar-refractivity contribution is 7.12. The number of carbonyl (C=O) groups is 1. The number of thiophene rings is 1. The van der Waals surface area contributed by atoms with E-state index in [1.165, 1.54) is 11.3 Å². The number of aryl methyl sites for hydroxylation is 1. The average molecular weight is 338 g/mol. The van der Waals surface area contributed by atoms with Gasteiger partial charge in [-0.05, 0) is 42.5 Å². The summed E-state index contributed by atoms with van der Waals surface area (Å²) in [7, 11) is 0. The lowest BCUT2D eigenvalue weighted by Crippen LogP contribution is -2.23. The van der Waals surface area contributed by atoms with Crippen LogP contribution in [0.3, 0.4) is 0 Å². The summed E-state index contributed by atoms with van der Waals surface area (Å²) in [5.41, 5.74) is 2.07. The first-order valence-corrected chi connectivity index (χ1v) is 8.60. The van der Waals surface area contributed by atoms with Crippen molar-refractivity contribution in [2.45, 2.75) is 33.3 Å². The predicted molar refractivity (Wildman–Crippen MR) is 92.1 cm³/mol. The van der Waals surface area contributed by atoms with Crippen LogP contribution < -0.4 is 10.1 Å². The molecule has 1 aromatic carbocycles. The molecule has 0 aliphatic heterocycles. The summed E-state index contributed by atoms with van der Waals surface area (Å²) >= 11 is 7.54. The summed E-state index contributed by atoms with van der Waals surface area (Å²) in [6.45, 7) is 5.22. The third-order valence-electron chi connectivity index (χ3n) is 3.17. The first kappa shape index (κ1) is 16.8. The highest BCUT2D eigenvalue weighted by Crippen LogP contribution is 2.26. The molecule has 1 heterocycles. The van der Waals surface area contributed by atoms with E-state index in [0.29, 0.717) is 22.3 Å². The lowest BCUT2D eigenvalue weighted by molar-refractivity contribution is 0.0957. The van der Waals surface area contributed by atoms with Gasteiger partial charge >= 0.3 is 0 Å². The van der Waals surface area contributed by atoms with Crippen molar-refractivity contribution in [3.8, 4) is 5.75 Å². The Kier molecular flexibility index (Phi) is 6.28. The van der Waals surface area contributed by atoms with Crippen LogP contribution in [-0.2, 0) is 6.61 Å². The summed E-state index contributed by atoms with van der Waals surface area (Å²) < 4.78 is 5.74. The van der Waals surface area contributed by atoms with E-state index < -0.39 is 0 Å². The summed E-state index contributed by atoms with van der Waals surface area (Å²) in [4.78, 5) is 12.7. The lowest BCUT2D eigenvalue weighted by atomic mass is 10.2. The Morgan fingerprint density at radius 1 is 1.36 bits per heavy atom. The molecule has 1 N–H and O–H groups in total. The van der Waals surface area contributed by atoms with Gasteiger partial charge in [-0.1, -0.05) is 31.0 Å². The molecule has 0 radical (unpaired) electrons. The zero-order chi connectivity index (χ0) is 15.9. The third-order valence-corrected chi connectivity index (χ3v) is 4.46. The molecule has 0 fully saturated rings. The summed E-state index contributed by atoms with van der Waals surface area (Å²) in [6.07, 6.45) is 2.07. The Morgan fingerprint density at radius 2 is 2.18 bits per heavy atom. The largest absolute Gasteiger partial charge is 0.487 e. The Bertz CT molecular complexity index is 639. The molecule has 0 atom stereocenters. The van der Waals surface area contributed by atoms with Gasteiger partial charge in [0.05, 0.1) is 9.90 Å². The van der Waals surface area contributed by atoms with Crippen LogP contribution in [0, 0.1) is 6.92 Å². The fourth-order valence-corrected chi connectivity index (χ4v) is 2.90. The van der Waals surface area contributed by atoms with E-state index in [2.05, 4.69) is 12.2 Å². The number of amides is 1. The smallest absolute Gasteiger partial charge is 0.261 e. The Morgan fingerprint density at radius 3 is 2.95 bits per heavy atom. The third kappa shape index (κ3) is 4.75. The van der Waals surface area contributed by atoms with Gasteiger partial charge in [-0.15, -0.1) is 11.3 Å². The number of benzene rings is 1. The minimum absolute atomic E-state index is 0.0155. The van der Waals surface area contributed by atoms with E-state index in [9.17, 15) is 4.79 Å². The number of hydrogen-bond donors (Lipinski definition) is 1. The Balaban J connectivity index is 1.92. The van der Waals surface area contributed by atoms with Crippen LogP contribution in [0.5, 0.6) is 5.75 Å². The molecule has 118 valence electrons. The molecule has 0 spiro atoms. The Hall–Kier alpha value is -1.52. The van der Waals surface area contributed by atoms with Crippen molar-refractivity contribution in [2.24, 2.45) is 0 Å². The zero-order valence-corrected chi connectivity index (χ0v) is 14.4. The monoisotopic (exact) mass is 337 g/mol. The molecular formula is C17H20ClNO2S. The van der Waals surface area contributed by atoms with Gasteiger partial charge in [0.15, 0.2) is 0 Å². The van der Waals surface area contributed by atoms with Gasteiger partial charge in [0.25, 0.3) is 5.91 Å². The minimum atomic E-state index is -0.0155. The number of rotatable bonds is 7. The van der Waals surface area contributed by atoms with Gasteiger partial charge in [0.2, 0.25) is 0 Å². The van der Waals surface area contributed by atoms with Crippen molar-refractivity contribution in [3.63, 3.8) is 0 Å². The van der Waals surface area contributed by atoms with E-state index in [-0.39, 0.29) is 5.91 Å². The maximum Gasteiger partial charge on any atom is 0.261 e. The predicted octanol–water partition coefficient (Wildman–Crippen LogP) is 4.82. The molecular weight excluding hydrogens is 318 g/mol. The number of halogens is 1. The van der Waals surface area contributed by atoms with Crippen LogP contribution >= 0.6 is 22.9 Å². The van der Waals surface area contributed by atoms with E-state index in [4.69, 9.17) is 16.3 Å². The molecule has 0 bridgehead atoms. The maximum atomic E-state index is 11.9. The SMILES string of the molecule is CCCCNC(=O)c1cc(COc2cc(C)ccc2Cl)cs1. The first-order chi connectivity index (χ1) is 10.6. The van der Waals surface area contributed by atoms with Gasteiger partial charge < -0.3 is 10.1 Å². The first-order valence-electron chi connectivity index (χ1n) is 7.34. The second-order valence-electron chi connectivity index (χ2n) is 5.15. The van der Waals surface area contributed by atoms with Crippen molar-refractivity contribution >= 4 is 28.8 Å². The molecule has 1 amide bonds. The molecule has 22 heavy (non-hydrogen) atoms. The normalized spacial score (nSPS) is 10.5. The molecule has 0 saturated carbocycles. The van der Waals surface area contributed by atoms with Gasteiger partial charge in [-0.25, -0.2) is 0 Å². The molecule has 2 aromatic rings. The van der Waals surface area contributed by atoms with E-state index in [1.807, 2.05) is 36.6 Å². The van der Waals surface area contributed by atoms with Gasteiger partial charge in [-0.2, -0.15) is 0 Å². The number of hydrogen-bond acceptors (Lipinski definition) is 3. The van der Waals surface area contributed by atoms with Crippen LogP contribution in [-0.4, -0.2) is 12.5 Å². The van der Waals surface area contributed by atoms with Crippen LogP contribution in [0.1, 0.15) is 40.6 Å². The summed E-state index contributed by atoms with van der Waals surface area (Å²) in [5, 5.41) is 5.45. The number of carbonyl (C=O) groups excluding carboxylic acids is 1. The van der Waals surface area contributed by atoms with E-state index in [0.717, 1.165) is 30.5 Å². The number of ether oxygens (including phenoxy) is 1. The van der Waals surface area contributed by atoms with E-state index >= 15 is 0 Å². The van der Waals surface area contributed by atoms with Crippen molar-refractivity contribution in [3.05, 3.63) is 50.7 Å². The molecule has 2 rings (SSSR count). The zero-order valence-electron chi connectivity index (χ0n) is 12.8. The van der Waals surface area contributed by atoms with Crippen molar-refractivity contribution in [1.29, 1.82) is 0 Å². The highest BCUT2D eigenvalue weighted by atomic mass is 35.5. The van der Waals surface area contributed by atoms with Crippen molar-refractivity contribution < 1.29 is 9.53 Å². The minimum Gasteiger partial charge on any atom is -0.487 e. The quantitative estimate of drug-likeness (QED) is 0.736. The van der Waals surface area contributed by atoms with Crippen LogP contribution in [0.25, 0.3) is 0 Å². The van der Waals surface area contributed by atoms with Gasteiger partial charge in [0.1, 0.15) is 12.4 Å². The fraction of sp³-hybridized carbons (Fsp3) is 0.353.